The molecule has 0 aliphatic heterocycles. The minimum absolute atomic E-state index is 0.0791. The van der Waals surface area contributed by atoms with Crippen LogP contribution < -0.4 is 11.1 Å². The second-order valence-corrected chi connectivity index (χ2v) is 4.47. The summed E-state index contributed by atoms with van der Waals surface area (Å²) in [7, 11) is 4.01. The highest BCUT2D eigenvalue weighted by Crippen LogP contribution is 2.12. The van der Waals surface area contributed by atoms with Crippen LogP contribution in [0.5, 0.6) is 0 Å². The lowest BCUT2D eigenvalue weighted by atomic mass is 10.1. The average molecular weight is 235 g/mol. The number of hydrogen-bond acceptors (Lipinski definition) is 4. The van der Waals surface area contributed by atoms with Crippen molar-refractivity contribution in [2.75, 3.05) is 39.5 Å². The number of nitrogens with two attached hydrogens (primary N) is 1. The van der Waals surface area contributed by atoms with Crippen molar-refractivity contribution < 1.29 is 4.79 Å². The molecule has 0 amide bonds. The minimum Gasteiger partial charge on any atom is -0.398 e. The molecule has 0 spiro atoms. The molecule has 0 heterocycles. The monoisotopic (exact) mass is 235 g/mol. The topological polar surface area (TPSA) is 58.4 Å². The first-order valence-corrected chi connectivity index (χ1v) is 5.75. The molecule has 0 radical (unpaired) electrons. The number of aryl methyl sites for hydroxylation is 1. The quantitative estimate of drug-likeness (QED) is 0.437. The van der Waals surface area contributed by atoms with Gasteiger partial charge in [-0.05, 0) is 32.6 Å². The van der Waals surface area contributed by atoms with Gasteiger partial charge < -0.3 is 16.0 Å². The highest BCUT2D eigenvalue weighted by Gasteiger charge is 2.06. The summed E-state index contributed by atoms with van der Waals surface area (Å²) >= 11 is 0. The summed E-state index contributed by atoms with van der Waals surface area (Å²) in [6.07, 6.45) is 0. The van der Waals surface area contributed by atoms with Crippen molar-refractivity contribution in [2.24, 2.45) is 0 Å². The molecule has 0 saturated heterocycles. The van der Waals surface area contributed by atoms with Crippen LogP contribution in [0.1, 0.15) is 15.9 Å². The first-order chi connectivity index (χ1) is 8.00. The van der Waals surface area contributed by atoms with Crippen molar-refractivity contribution in [1.82, 2.24) is 10.2 Å². The second kappa shape index (κ2) is 6.37. The molecule has 1 rings (SSSR count). The van der Waals surface area contributed by atoms with Crippen molar-refractivity contribution in [3.05, 3.63) is 29.3 Å². The summed E-state index contributed by atoms with van der Waals surface area (Å²) in [5.74, 6) is 0.0791. The molecule has 1 aromatic carbocycles. The zero-order chi connectivity index (χ0) is 12.8. The Bertz CT molecular complexity index is 388. The number of benzene rings is 1. The van der Waals surface area contributed by atoms with E-state index in [9.17, 15) is 4.79 Å². The van der Waals surface area contributed by atoms with Gasteiger partial charge in [-0.1, -0.05) is 12.1 Å². The molecule has 0 bridgehead atoms. The van der Waals surface area contributed by atoms with E-state index in [0.717, 1.165) is 18.7 Å². The fourth-order valence-electron chi connectivity index (χ4n) is 1.42. The molecule has 0 aliphatic carbocycles. The van der Waals surface area contributed by atoms with E-state index in [0.29, 0.717) is 17.8 Å². The molecule has 0 saturated carbocycles. The van der Waals surface area contributed by atoms with E-state index >= 15 is 0 Å². The Kier molecular flexibility index (Phi) is 5.12. The molecular formula is C13H21N3O. The van der Waals surface area contributed by atoms with Gasteiger partial charge in [-0.15, -0.1) is 0 Å². The number of carbonyl (C=O) groups is 1. The highest BCUT2D eigenvalue weighted by atomic mass is 16.1. The smallest absolute Gasteiger partial charge is 0.176 e. The van der Waals surface area contributed by atoms with Gasteiger partial charge in [0.05, 0.1) is 6.54 Å². The number of rotatable bonds is 6. The van der Waals surface area contributed by atoms with Crippen LogP contribution in [-0.4, -0.2) is 44.4 Å². The van der Waals surface area contributed by atoms with E-state index in [-0.39, 0.29) is 5.78 Å². The Morgan fingerprint density at radius 1 is 1.41 bits per heavy atom. The Balaban J connectivity index is 2.44. The van der Waals surface area contributed by atoms with Gasteiger partial charge in [0.15, 0.2) is 5.78 Å². The zero-order valence-corrected chi connectivity index (χ0v) is 10.8. The molecule has 0 aliphatic rings. The van der Waals surface area contributed by atoms with Crippen molar-refractivity contribution >= 4 is 11.5 Å². The van der Waals surface area contributed by atoms with Crippen molar-refractivity contribution in [3.63, 3.8) is 0 Å². The van der Waals surface area contributed by atoms with Gasteiger partial charge in [-0.2, -0.15) is 0 Å². The van der Waals surface area contributed by atoms with Gasteiger partial charge in [0.1, 0.15) is 0 Å². The van der Waals surface area contributed by atoms with Gasteiger partial charge in [0, 0.05) is 24.3 Å². The number of Topliss-reactive ketones (excluding diaryl/α,β-unsaturated/α-hetero) is 1. The summed E-state index contributed by atoms with van der Waals surface area (Å²) in [6.45, 7) is 4.01. The van der Waals surface area contributed by atoms with E-state index in [1.807, 2.05) is 33.2 Å². The molecule has 17 heavy (non-hydrogen) atoms. The maximum Gasteiger partial charge on any atom is 0.176 e. The normalized spacial score (nSPS) is 10.8. The third kappa shape index (κ3) is 4.54. The lowest BCUT2D eigenvalue weighted by Gasteiger charge is -2.10. The average Bonchev–Trinajstić information content (AvgIpc) is 2.27. The summed E-state index contributed by atoms with van der Waals surface area (Å²) in [6, 6.07) is 5.44. The zero-order valence-electron chi connectivity index (χ0n) is 10.8. The summed E-state index contributed by atoms with van der Waals surface area (Å²) in [5.41, 5.74) is 8.12. The van der Waals surface area contributed by atoms with E-state index in [1.54, 1.807) is 6.07 Å². The first kappa shape index (κ1) is 13.7. The van der Waals surface area contributed by atoms with Crippen molar-refractivity contribution in [3.8, 4) is 0 Å². The second-order valence-electron chi connectivity index (χ2n) is 4.47. The van der Waals surface area contributed by atoms with Crippen molar-refractivity contribution in [1.29, 1.82) is 0 Å². The molecule has 0 unspecified atom stereocenters. The molecule has 1 aromatic rings. The van der Waals surface area contributed by atoms with Crippen LogP contribution in [0.4, 0.5) is 5.69 Å². The highest BCUT2D eigenvalue weighted by molar-refractivity contribution is 5.98. The number of likely N-dealkylation sites (N-methyl/N-ethyl adjacent to an activating group) is 1. The van der Waals surface area contributed by atoms with Crippen LogP contribution in [0, 0.1) is 6.92 Å². The molecular weight excluding hydrogens is 214 g/mol. The lowest BCUT2D eigenvalue weighted by Crippen LogP contribution is -2.30. The fourth-order valence-corrected chi connectivity index (χ4v) is 1.42. The van der Waals surface area contributed by atoms with Gasteiger partial charge in [0.2, 0.25) is 0 Å². The summed E-state index contributed by atoms with van der Waals surface area (Å²) < 4.78 is 0. The van der Waals surface area contributed by atoms with Gasteiger partial charge in [0.25, 0.3) is 0 Å². The molecule has 4 nitrogen and oxygen atoms in total. The molecule has 3 N–H and O–H groups in total. The first-order valence-electron chi connectivity index (χ1n) is 5.75. The van der Waals surface area contributed by atoms with Crippen molar-refractivity contribution in [2.45, 2.75) is 6.92 Å². The number of nitrogens with zero attached hydrogens (tertiary/aromatic N) is 1. The molecule has 94 valence electrons. The number of nitrogen functional groups attached to an aromatic ring is 1. The maximum absolute atomic E-state index is 11.8. The summed E-state index contributed by atoms with van der Waals surface area (Å²) in [5, 5.41) is 3.12. The summed E-state index contributed by atoms with van der Waals surface area (Å²) in [4.78, 5) is 13.9. The molecule has 0 aromatic heterocycles. The molecule has 0 atom stereocenters. The van der Waals surface area contributed by atoms with Crippen LogP contribution in [0.3, 0.4) is 0 Å². The van der Waals surface area contributed by atoms with Crippen LogP contribution in [0.25, 0.3) is 0 Å². The largest absolute Gasteiger partial charge is 0.398 e. The van der Waals surface area contributed by atoms with E-state index in [4.69, 9.17) is 5.73 Å². The Morgan fingerprint density at radius 2 is 2.12 bits per heavy atom. The Hall–Kier alpha value is -1.39. The standard InChI is InChI=1S/C13H21N3O/c1-10-4-5-11(8-12(10)14)13(17)9-15-6-7-16(2)3/h4-5,8,15H,6-7,9,14H2,1-3H3. The van der Waals surface area contributed by atoms with E-state index < -0.39 is 0 Å². The number of ketones is 1. The minimum atomic E-state index is 0.0791. The third-order valence-corrected chi connectivity index (χ3v) is 2.62. The molecule has 4 heteroatoms. The Morgan fingerprint density at radius 3 is 2.71 bits per heavy atom. The van der Waals surface area contributed by atoms with Gasteiger partial charge in [-0.25, -0.2) is 0 Å². The fraction of sp³-hybridized carbons (Fsp3) is 0.462. The van der Waals surface area contributed by atoms with Gasteiger partial charge in [-0.3, -0.25) is 4.79 Å². The lowest BCUT2D eigenvalue weighted by molar-refractivity contribution is 0.0990. The number of carbonyl (C=O) groups excluding carboxylic acids is 1. The van der Waals surface area contributed by atoms with Gasteiger partial charge >= 0.3 is 0 Å². The van der Waals surface area contributed by atoms with Crippen LogP contribution >= 0.6 is 0 Å². The van der Waals surface area contributed by atoms with Crippen LogP contribution in [0.15, 0.2) is 18.2 Å². The third-order valence-electron chi connectivity index (χ3n) is 2.62. The van der Waals surface area contributed by atoms with Crippen LogP contribution in [-0.2, 0) is 0 Å². The predicted octanol–water partition coefficient (Wildman–Crippen LogP) is 0.911. The van der Waals surface area contributed by atoms with E-state index in [2.05, 4.69) is 10.2 Å². The van der Waals surface area contributed by atoms with Crippen LogP contribution in [0.2, 0.25) is 0 Å². The SMILES string of the molecule is Cc1ccc(C(=O)CNCCN(C)C)cc1N. The molecule has 0 fully saturated rings. The van der Waals surface area contributed by atoms with E-state index in [1.165, 1.54) is 0 Å². The Labute approximate surface area is 103 Å². The number of hydrogen-bond donors (Lipinski definition) is 2. The number of anilines is 1. The maximum atomic E-state index is 11.8. The number of nitrogens with one attached hydrogen (secondary N) is 1. The predicted molar refractivity (Wildman–Crippen MR) is 71.3 cm³/mol.